The lowest BCUT2D eigenvalue weighted by Crippen LogP contribution is -2.14. The Morgan fingerprint density at radius 3 is 2.57 bits per heavy atom. The zero-order chi connectivity index (χ0) is 17.0. The van der Waals surface area contributed by atoms with E-state index in [9.17, 15) is 13.2 Å². The molecule has 0 amide bonds. The predicted octanol–water partition coefficient (Wildman–Crippen LogP) is 2.29. The standard InChI is InChI=1S/C15H16N2O5S/c1-3-22-14-7-5-12(9-16-14)23(20,21)17-13-6-4-11(15(18)19)8-10(13)2/h4-9,17H,3H2,1-2H3,(H,18,19). The van der Waals surface area contributed by atoms with Crippen molar-refractivity contribution in [3.8, 4) is 5.88 Å². The molecule has 0 aliphatic heterocycles. The van der Waals surface area contributed by atoms with Crippen molar-refractivity contribution in [1.29, 1.82) is 0 Å². The predicted molar refractivity (Wildman–Crippen MR) is 84.4 cm³/mol. The number of nitrogens with zero attached hydrogens (tertiary/aromatic N) is 1. The van der Waals surface area contributed by atoms with Gasteiger partial charge < -0.3 is 9.84 Å². The number of carboxylic acid groups (broad SMARTS) is 1. The van der Waals surface area contributed by atoms with E-state index in [0.29, 0.717) is 23.7 Å². The lowest BCUT2D eigenvalue weighted by molar-refractivity contribution is 0.0697. The SMILES string of the molecule is CCOc1ccc(S(=O)(=O)Nc2ccc(C(=O)O)cc2C)cn1. The highest BCUT2D eigenvalue weighted by Crippen LogP contribution is 2.21. The highest BCUT2D eigenvalue weighted by molar-refractivity contribution is 7.92. The molecule has 0 radical (unpaired) electrons. The largest absolute Gasteiger partial charge is 0.478 e. The summed E-state index contributed by atoms with van der Waals surface area (Å²) in [4.78, 5) is 14.8. The van der Waals surface area contributed by atoms with E-state index in [2.05, 4.69) is 9.71 Å². The summed E-state index contributed by atoms with van der Waals surface area (Å²) in [5.74, 6) is -0.730. The van der Waals surface area contributed by atoms with Crippen LogP contribution < -0.4 is 9.46 Å². The minimum Gasteiger partial charge on any atom is -0.478 e. The van der Waals surface area contributed by atoms with Gasteiger partial charge in [-0.1, -0.05) is 0 Å². The number of aryl methyl sites for hydroxylation is 1. The van der Waals surface area contributed by atoms with Crippen LogP contribution in [0.15, 0.2) is 41.4 Å². The second-order valence-corrected chi connectivity index (χ2v) is 6.39. The topological polar surface area (TPSA) is 106 Å². The fraction of sp³-hybridized carbons (Fsp3) is 0.200. The summed E-state index contributed by atoms with van der Waals surface area (Å²) in [5.41, 5.74) is 0.907. The molecule has 0 spiro atoms. The lowest BCUT2D eigenvalue weighted by Gasteiger charge is -2.11. The minimum absolute atomic E-state index is 0.0114. The number of anilines is 1. The molecule has 0 saturated heterocycles. The van der Waals surface area contributed by atoms with Gasteiger partial charge in [0.25, 0.3) is 10.0 Å². The third kappa shape index (κ3) is 3.98. The van der Waals surface area contributed by atoms with Crippen LogP contribution in [0.4, 0.5) is 5.69 Å². The van der Waals surface area contributed by atoms with Crippen molar-refractivity contribution in [1.82, 2.24) is 4.98 Å². The van der Waals surface area contributed by atoms with Gasteiger partial charge in [0, 0.05) is 6.07 Å². The molecule has 7 nitrogen and oxygen atoms in total. The lowest BCUT2D eigenvalue weighted by atomic mass is 10.1. The van der Waals surface area contributed by atoms with E-state index in [1.54, 1.807) is 13.8 Å². The number of pyridine rings is 1. The van der Waals surface area contributed by atoms with Gasteiger partial charge in [0.15, 0.2) is 0 Å². The quantitative estimate of drug-likeness (QED) is 0.838. The molecule has 0 unspecified atom stereocenters. The summed E-state index contributed by atoms with van der Waals surface area (Å²) < 4.78 is 32.3. The molecular weight excluding hydrogens is 320 g/mol. The van der Waals surface area contributed by atoms with Gasteiger partial charge in [0.1, 0.15) is 4.90 Å². The number of hydrogen-bond acceptors (Lipinski definition) is 5. The number of sulfonamides is 1. The molecule has 122 valence electrons. The molecule has 1 aromatic carbocycles. The van der Waals surface area contributed by atoms with Crippen LogP contribution in [-0.2, 0) is 10.0 Å². The first-order valence-corrected chi connectivity index (χ1v) is 8.27. The highest BCUT2D eigenvalue weighted by atomic mass is 32.2. The Labute approximate surface area is 134 Å². The summed E-state index contributed by atoms with van der Waals surface area (Å²) in [6.07, 6.45) is 1.20. The van der Waals surface area contributed by atoms with E-state index in [4.69, 9.17) is 9.84 Å². The third-order valence-corrected chi connectivity index (χ3v) is 4.38. The molecule has 23 heavy (non-hydrogen) atoms. The van der Waals surface area contributed by atoms with Crippen molar-refractivity contribution in [2.24, 2.45) is 0 Å². The molecule has 1 aromatic heterocycles. The number of nitrogens with one attached hydrogen (secondary N) is 1. The normalized spacial score (nSPS) is 11.0. The van der Waals surface area contributed by atoms with Gasteiger partial charge in [-0.3, -0.25) is 4.72 Å². The number of benzene rings is 1. The summed E-state index contributed by atoms with van der Waals surface area (Å²) in [5, 5.41) is 8.92. The van der Waals surface area contributed by atoms with Crippen LogP contribution >= 0.6 is 0 Å². The zero-order valence-corrected chi connectivity index (χ0v) is 13.4. The van der Waals surface area contributed by atoms with E-state index in [-0.39, 0.29) is 10.5 Å². The first-order chi connectivity index (χ1) is 10.8. The summed E-state index contributed by atoms with van der Waals surface area (Å²) >= 11 is 0. The molecule has 0 bridgehead atoms. The Bertz CT molecular complexity index is 816. The minimum atomic E-state index is -3.82. The van der Waals surface area contributed by atoms with Crippen LogP contribution in [0.3, 0.4) is 0 Å². The molecule has 0 fully saturated rings. The van der Waals surface area contributed by atoms with Gasteiger partial charge >= 0.3 is 5.97 Å². The molecule has 8 heteroatoms. The Kier molecular flexibility index (Phi) is 4.85. The molecule has 2 aromatic rings. The van der Waals surface area contributed by atoms with Gasteiger partial charge in [-0.05, 0) is 43.7 Å². The second kappa shape index (κ2) is 6.66. The number of carbonyl (C=O) groups is 1. The van der Waals surface area contributed by atoms with Crippen LogP contribution in [0.1, 0.15) is 22.8 Å². The van der Waals surface area contributed by atoms with Gasteiger partial charge in [-0.15, -0.1) is 0 Å². The van der Waals surface area contributed by atoms with E-state index in [0.717, 1.165) is 0 Å². The summed E-state index contributed by atoms with van der Waals surface area (Å²) in [6, 6.07) is 7.01. The van der Waals surface area contributed by atoms with Crippen molar-refractivity contribution < 1.29 is 23.1 Å². The monoisotopic (exact) mass is 336 g/mol. The summed E-state index contributed by atoms with van der Waals surface area (Å²) in [7, 11) is -3.82. The number of ether oxygens (including phenoxy) is 1. The van der Waals surface area contributed by atoms with E-state index < -0.39 is 16.0 Å². The first-order valence-electron chi connectivity index (χ1n) is 6.79. The zero-order valence-electron chi connectivity index (χ0n) is 12.6. The Balaban J connectivity index is 2.25. The second-order valence-electron chi connectivity index (χ2n) is 4.71. The molecule has 2 rings (SSSR count). The van der Waals surface area contributed by atoms with Crippen LogP contribution in [0.25, 0.3) is 0 Å². The van der Waals surface area contributed by atoms with Crippen LogP contribution in [0.2, 0.25) is 0 Å². The molecule has 0 aliphatic carbocycles. The molecule has 0 atom stereocenters. The van der Waals surface area contributed by atoms with Crippen molar-refractivity contribution in [3.63, 3.8) is 0 Å². The van der Waals surface area contributed by atoms with E-state index in [1.165, 1.54) is 36.5 Å². The van der Waals surface area contributed by atoms with Gasteiger partial charge in [-0.2, -0.15) is 0 Å². The molecule has 1 heterocycles. The smallest absolute Gasteiger partial charge is 0.335 e. The number of aromatic nitrogens is 1. The fourth-order valence-electron chi connectivity index (χ4n) is 1.87. The Morgan fingerprint density at radius 1 is 1.30 bits per heavy atom. The average molecular weight is 336 g/mol. The molecule has 0 aliphatic rings. The summed E-state index contributed by atoms with van der Waals surface area (Å²) in [6.45, 7) is 3.87. The average Bonchev–Trinajstić information content (AvgIpc) is 2.50. The van der Waals surface area contributed by atoms with Crippen molar-refractivity contribution in [3.05, 3.63) is 47.7 Å². The van der Waals surface area contributed by atoms with Gasteiger partial charge in [0.05, 0.1) is 24.1 Å². The maximum Gasteiger partial charge on any atom is 0.335 e. The molecule has 2 N–H and O–H groups in total. The molecule has 0 saturated carbocycles. The first kappa shape index (κ1) is 16.8. The fourth-order valence-corrected chi connectivity index (χ4v) is 2.95. The van der Waals surface area contributed by atoms with Crippen molar-refractivity contribution >= 4 is 21.7 Å². The van der Waals surface area contributed by atoms with Gasteiger partial charge in [-0.25, -0.2) is 18.2 Å². The highest BCUT2D eigenvalue weighted by Gasteiger charge is 2.16. The maximum atomic E-state index is 12.3. The van der Waals surface area contributed by atoms with Crippen LogP contribution in [0, 0.1) is 6.92 Å². The number of rotatable bonds is 6. The third-order valence-electron chi connectivity index (χ3n) is 3.03. The van der Waals surface area contributed by atoms with Crippen molar-refractivity contribution in [2.45, 2.75) is 18.7 Å². The van der Waals surface area contributed by atoms with E-state index >= 15 is 0 Å². The van der Waals surface area contributed by atoms with Crippen LogP contribution in [0.5, 0.6) is 5.88 Å². The number of carboxylic acids is 1. The molecular formula is C15H16N2O5S. The van der Waals surface area contributed by atoms with Gasteiger partial charge in [0.2, 0.25) is 5.88 Å². The Hall–Kier alpha value is -2.61. The van der Waals surface area contributed by atoms with E-state index in [1.807, 2.05) is 0 Å². The maximum absolute atomic E-state index is 12.3. The number of hydrogen-bond donors (Lipinski definition) is 2. The number of aromatic carboxylic acids is 1. The van der Waals surface area contributed by atoms with Crippen molar-refractivity contribution in [2.75, 3.05) is 11.3 Å². The van der Waals surface area contributed by atoms with Crippen LogP contribution in [-0.4, -0.2) is 31.1 Å². The Morgan fingerprint density at radius 2 is 2.04 bits per heavy atom.